The van der Waals surface area contributed by atoms with E-state index in [2.05, 4.69) is 59.7 Å². The van der Waals surface area contributed by atoms with Gasteiger partial charge in [0.25, 0.3) is 0 Å². The zero-order chi connectivity index (χ0) is 19.1. The van der Waals surface area contributed by atoms with Crippen molar-refractivity contribution in [2.24, 2.45) is 5.92 Å². The summed E-state index contributed by atoms with van der Waals surface area (Å²) in [7, 11) is 0. The second kappa shape index (κ2) is 9.56. The minimum atomic E-state index is -0.0990. The monoisotopic (exact) mass is 365 g/mol. The Bertz CT molecular complexity index is 751. The largest absolute Gasteiger partial charge is 0.338 e. The summed E-state index contributed by atoms with van der Waals surface area (Å²) in [5.74, 6) is 0.561. The Labute approximate surface area is 163 Å². The lowest BCUT2D eigenvalue weighted by Gasteiger charge is -2.32. The van der Waals surface area contributed by atoms with Crippen LogP contribution in [0.25, 0.3) is 0 Å². The summed E-state index contributed by atoms with van der Waals surface area (Å²) >= 11 is 0. The van der Waals surface area contributed by atoms with Crippen molar-refractivity contribution in [2.45, 2.75) is 39.7 Å². The van der Waals surface area contributed by atoms with Crippen molar-refractivity contribution in [3.8, 4) is 0 Å². The van der Waals surface area contributed by atoms with Crippen LogP contribution in [0.4, 0.5) is 10.5 Å². The zero-order valence-electron chi connectivity index (χ0n) is 16.5. The maximum absolute atomic E-state index is 12.2. The Hall–Kier alpha value is -2.33. The Morgan fingerprint density at radius 2 is 1.89 bits per heavy atom. The van der Waals surface area contributed by atoms with Crippen molar-refractivity contribution in [1.29, 1.82) is 0 Å². The lowest BCUT2D eigenvalue weighted by Crippen LogP contribution is -2.39. The van der Waals surface area contributed by atoms with Crippen LogP contribution in [-0.2, 0) is 13.0 Å². The van der Waals surface area contributed by atoms with Crippen molar-refractivity contribution in [3.05, 3.63) is 65.2 Å². The first-order valence-corrected chi connectivity index (χ1v) is 10.0. The van der Waals surface area contributed by atoms with Crippen molar-refractivity contribution in [2.75, 3.05) is 25.0 Å². The minimum absolute atomic E-state index is 0.0990. The van der Waals surface area contributed by atoms with E-state index in [0.29, 0.717) is 5.92 Å². The van der Waals surface area contributed by atoms with E-state index in [0.717, 1.165) is 56.7 Å². The molecule has 27 heavy (non-hydrogen) atoms. The predicted octanol–water partition coefficient (Wildman–Crippen LogP) is 4.59. The highest BCUT2D eigenvalue weighted by Gasteiger charge is 2.20. The molecule has 144 valence electrons. The average Bonchev–Trinajstić information content (AvgIpc) is 2.68. The molecule has 1 heterocycles. The molecule has 3 rings (SSSR count). The molecule has 0 aromatic heterocycles. The molecule has 0 bridgehead atoms. The molecule has 0 spiro atoms. The number of carbonyl (C=O) groups excluding carboxylic acids is 1. The number of urea groups is 1. The smallest absolute Gasteiger partial charge is 0.319 e. The summed E-state index contributed by atoms with van der Waals surface area (Å²) in [5, 5.41) is 6.04. The number of para-hydroxylation sites is 1. The molecule has 0 aliphatic carbocycles. The summed E-state index contributed by atoms with van der Waals surface area (Å²) in [6, 6.07) is 16.6. The van der Waals surface area contributed by atoms with Crippen molar-refractivity contribution >= 4 is 11.7 Å². The van der Waals surface area contributed by atoms with Gasteiger partial charge in [-0.3, -0.25) is 4.90 Å². The van der Waals surface area contributed by atoms with Crippen molar-refractivity contribution < 1.29 is 4.79 Å². The fourth-order valence-corrected chi connectivity index (χ4v) is 3.77. The fourth-order valence-electron chi connectivity index (χ4n) is 3.77. The number of rotatable bonds is 6. The highest BCUT2D eigenvalue weighted by Crippen LogP contribution is 2.19. The van der Waals surface area contributed by atoms with Gasteiger partial charge in [0, 0.05) is 18.8 Å². The minimum Gasteiger partial charge on any atom is -0.338 e. The van der Waals surface area contributed by atoms with Gasteiger partial charge in [0.1, 0.15) is 0 Å². The second-order valence-electron chi connectivity index (χ2n) is 7.55. The molecule has 4 heteroatoms. The molecule has 2 amide bonds. The summed E-state index contributed by atoms with van der Waals surface area (Å²) in [6.45, 7) is 8.21. The molecule has 2 N–H and O–H groups in total. The molecule has 0 atom stereocenters. The van der Waals surface area contributed by atoms with Gasteiger partial charge in [-0.05, 0) is 62.4 Å². The van der Waals surface area contributed by atoms with Gasteiger partial charge < -0.3 is 10.6 Å². The van der Waals surface area contributed by atoms with Crippen LogP contribution in [-0.4, -0.2) is 30.6 Å². The highest BCUT2D eigenvalue weighted by atomic mass is 16.2. The van der Waals surface area contributed by atoms with Gasteiger partial charge in [-0.2, -0.15) is 0 Å². The number of likely N-dealkylation sites (tertiary alicyclic amines) is 1. The lowest BCUT2D eigenvalue weighted by atomic mass is 9.96. The third-order valence-corrected chi connectivity index (χ3v) is 5.39. The van der Waals surface area contributed by atoms with Crippen LogP contribution in [0.1, 0.15) is 36.5 Å². The van der Waals surface area contributed by atoms with E-state index in [1.165, 1.54) is 11.1 Å². The molecule has 2 aromatic rings. The van der Waals surface area contributed by atoms with E-state index in [1.807, 2.05) is 18.2 Å². The van der Waals surface area contributed by atoms with E-state index in [-0.39, 0.29) is 6.03 Å². The third kappa shape index (κ3) is 5.83. The first kappa shape index (κ1) is 19.4. The molecule has 1 aliphatic heterocycles. The van der Waals surface area contributed by atoms with E-state index in [4.69, 9.17) is 0 Å². The topological polar surface area (TPSA) is 44.4 Å². The van der Waals surface area contributed by atoms with Crippen LogP contribution in [0.3, 0.4) is 0 Å². The molecule has 2 aromatic carbocycles. The number of amides is 2. The predicted molar refractivity (Wildman–Crippen MR) is 112 cm³/mol. The van der Waals surface area contributed by atoms with E-state index < -0.39 is 0 Å². The summed E-state index contributed by atoms with van der Waals surface area (Å²) in [6.07, 6.45) is 3.19. The normalized spacial score (nSPS) is 15.5. The van der Waals surface area contributed by atoms with Crippen molar-refractivity contribution in [1.82, 2.24) is 10.2 Å². The molecule has 0 radical (unpaired) electrons. The summed E-state index contributed by atoms with van der Waals surface area (Å²) in [5.41, 5.74) is 4.78. The zero-order valence-corrected chi connectivity index (χ0v) is 16.5. The number of carbonyl (C=O) groups is 1. The van der Waals surface area contributed by atoms with Gasteiger partial charge >= 0.3 is 6.03 Å². The number of anilines is 1. The molecular weight excluding hydrogens is 334 g/mol. The van der Waals surface area contributed by atoms with Gasteiger partial charge in [-0.1, -0.05) is 55.0 Å². The maximum atomic E-state index is 12.2. The van der Waals surface area contributed by atoms with Crippen LogP contribution in [0.15, 0.2) is 48.5 Å². The van der Waals surface area contributed by atoms with Crippen LogP contribution in [0.2, 0.25) is 0 Å². The SMILES string of the molecule is CCc1ccccc1NC(=O)NCC1CCN(Cc2cccc(C)c2)CC1. The second-order valence-corrected chi connectivity index (χ2v) is 7.55. The van der Waals surface area contributed by atoms with E-state index in [9.17, 15) is 4.79 Å². The Morgan fingerprint density at radius 3 is 2.63 bits per heavy atom. The molecule has 1 aliphatic rings. The third-order valence-electron chi connectivity index (χ3n) is 5.39. The number of hydrogen-bond acceptors (Lipinski definition) is 2. The Kier molecular flexibility index (Phi) is 6.88. The molecular formula is C23H31N3O. The van der Waals surface area contributed by atoms with Crippen LogP contribution in [0.5, 0.6) is 0 Å². The molecule has 1 fully saturated rings. The molecule has 4 nitrogen and oxygen atoms in total. The van der Waals surface area contributed by atoms with Gasteiger partial charge in [0.05, 0.1) is 0 Å². The number of hydrogen-bond donors (Lipinski definition) is 2. The van der Waals surface area contributed by atoms with Gasteiger partial charge in [-0.25, -0.2) is 4.79 Å². The molecule has 0 saturated carbocycles. The highest BCUT2D eigenvalue weighted by molar-refractivity contribution is 5.90. The summed E-state index contributed by atoms with van der Waals surface area (Å²) < 4.78 is 0. The average molecular weight is 366 g/mol. The fraction of sp³-hybridized carbons (Fsp3) is 0.435. The summed E-state index contributed by atoms with van der Waals surface area (Å²) in [4.78, 5) is 14.7. The van der Waals surface area contributed by atoms with Gasteiger partial charge in [0.2, 0.25) is 0 Å². The maximum Gasteiger partial charge on any atom is 0.319 e. The van der Waals surface area contributed by atoms with Crippen LogP contribution < -0.4 is 10.6 Å². The number of benzene rings is 2. The lowest BCUT2D eigenvalue weighted by molar-refractivity contribution is 0.175. The Balaban J connectivity index is 1.39. The quantitative estimate of drug-likeness (QED) is 0.786. The van der Waals surface area contributed by atoms with E-state index in [1.54, 1.807) is 0 Å². The number of aryl methyl sites for hydroxylation is 2. The van der Waals surface area contributed by atoms with Crippen LogP contribution >= 0.6 is 0 Å². The van der Waals surface area contributed by atoms with Crippen molar-refractivity contribution in [3.63, 3.8) is 0 Å². The molecule has 0 unspecified atom stereocenters. The van der Waals surface area contributed by atoms with Crippen LogP contribution in [0, 0.1) is 12.8 Å². The first-order valence-electron chi connectivity index (χ1n) is 10.0. The van der Waals surface area contributed by atoms with E-state index >= 15 is 0 Å². The van der Waals surface area contributed by atoms with Gasteiger partial charge in [0.15, 0.2) is 0 Å². The first-order chi connectivity index (χ1) is 13.1. The standard InChI is InChI=1S/C23H31N3O/c1-3-21-9-4-5-10-22(21)25-23(27)24-16-19-11-13-26(14-12-19)17-20-8-6-7-18(2)15-20/h4-10,15,19H,3,11-14,16-17H2,1-2H3,(H2,24,25,27). The Morgan fingerprint density at radius 1 is 1.11 bits per heavy atom. The van der Waals surface area contributed by atoms with Gasteiger partial charge in [-0.15, -0.1) is 0 Å². The number of nitrogens with one attached hydrogen (secondary N) is 2. The number of piperidine rings is 1. The molecule has 1 saturated heterocycles. The number of nitrogens with zero attached hydrogens (tertiary/aromatic N) is 1.